The molecule has 1 saturated heterocycles. The maximum atomic E-state index is 4.29. The molecule has 2 heterocycles. The fourth-order valence-electron chi connectivity index (χ4n) is 1.80. The average Bonchev–Trinajstić information content (AvgIpc) is 2.31. The molecule has 1 aromatic rings. The monoisotopic (exact) mass is 235 g/mol. The summed E-state index contributed by atoms with van der Waals surface area (Å²) in [6.07, 6.45) is 5.60. The number of hydrogen-bond acceptors (Lipinski definition) is 3. The minimum atomic E-state index is 0.540. The van der Waals surface area contributed by atoms with E-state index in [0.29, 0.717) is 6.04 Å². The molecule has 3 nitrogen and oxygen atoms in total. The van der Waals surface area contributed by atoms with Crippen molar-refractivity contribution < 1.29 is 0 Å². The number of anilines is 1. The molecule has 0 spiro atoms. The van der Waals surface area contributed by atoms with Crippen molar-refractivity contribution in [2.24, 2.45) is 0 Å². The van der Waals surface area contributed by atoms with Crippen LogP contribution >= 0.6 is 0 Å². The van der Waals surface area contributed by atoms with Gasteiger partial charge in [0, 0.05) is 18.8 Å². The summed E-state index contributed by atoms with van der Waals surface area (Å²) in [5.41, 5.74) is 1.26. The fraction of sp³-hybridized carbons (Fsp3) is 0.643. The van der Waals surface area contributed by atoms with Crippen LogP contribution in [0.1, 0.15) is 38.7 Å². The second-order valence-corrected chi connectivity index (χ2v) is 4.61. The summed E-state index contributed by atoms with van der Waals surface area (Å²) in [6, 6.07) is 4.65. The van der Waals surface area contributed by atoms with Gasteiger partial charge in [0.15, 0.2) is 0 Å². The molecule has 17 heavy (non-hydrogen) atoms. The average molecular weight is 235 g/mol. The van der Waals surface area contributed by atoms with E-state index in [1.54, 1.807) is 0 Å². The van der Waals surface area contributed by atoms with Gasteiger partial charge in [0.25, 0.3) is 0 Å². The lowest BCUT2D eigenvalue weighted by Gasteiger charge is -2.24. The summed E-state index contributed by atoms with van der Waals surface area (Å²) in [7, 11) is 0. The quantitative estimate of drug-likeness (QED) is 0.827. The molecule has 1 aliphatic heterocycles. The lowest BCUT2D eigenvalue weighted by molar-refractivity contribution is 0.479. The Labute approximate surface area is 105 Å². The van der Waals surface area contributed by atoms with Crippen LogP contribution in [0.2, 0.25) is 0 Å². The van der Waals surface area contributed by atoms with Crippen LogP contribution in [0.25, 0.3) is 0 Å². The Bertz CT molecular complexity index is 306. The van der Waals surface area contributed by atoms with Gasteiger partial charge in [-0.05, 0) is 44.0 Å². The van der Waals surface area contributed by atoms with E-state index in [4.69, 9.17) is 0 Å². The van der Waals surface area contributed by atoms with Gasteiger partial charge in [0.05, 0.1) is 0 Å². The summed E-state index contributed by atoms with van der Waals surface area (Å²) in [5.74, 6) is 0.999. The molecule has 3 heteroatoms. The van der Waals surface area contributed by atoms with Gasteiger partial charge in [-0.2, -0.15) is 0 Å². The molecule has 0 saturated carbocycles. The van der Waals surface area contributed by atoms with E-state index < -0.39 is 0 Å². The number of piperidine rings is 1. The van der Waals surface area contributed by atoms with Crippen LogP contribution in [0.4, 0.5) is 5.82 Å². The van der Waals surface area contributed by atoms with E-state index in [1.807, 2.05) is 12.3 Å². The molecule has 2 N–H and O–H groups in total. The zero-order chi connectivity index (χ0) is 12.5. The van der Waals surface area contributed by atoms with E-state index in [1.165, 1.54) is 24.8 Å². The summed E-state index contributed by atoms with van der Waals surface area (Å²) in [4.78, 5) is 4.29. The smallest absolute Gasteiger partial charge is 0.126 e. The summed E-state index contributed by atoms with van der Waals surface area (Å²) >= 11 is 0. The van der Waals surface area contributed by atoms with Crippen molar-refractivity contribution in [1.29, 1.82) is 0 Å². The topological polar surface area (TPSA) is 37.0 Å². The molecule has 1 aliphatic rings. The van der Waals surface area contributed by atoms with Crippen molar-refractivity contribution >= 4 is 5.82 Å². The second kappa shape index (κ2) is 8.07. The normalized spacial score (nSPS) is 19.1. The Morgan fingerprint density at radius 2 is 2.24 bits per heavy atom. The van der Waals surface area contributed by atoms with Crippen LogP contribution in [0.3, 0.4) is 0 Å². The number of nitrogens with zero attached hydrogens (tertiary/aromatic N) is 1. The summed E-state index contributed by atoms with van der Waals surface area (Å²) in [5, 5.41) is 6.83. The summed E-state index contributed by atoms with van der Waals surface area (Å²) < 4.78 is 0. The number of hydrogen-bond donors (Lipinski definition) is 2. The first-order valence-corrected chi connectivity index (χ1v) is 6.66. The van der Waals surface area contributed by atoms with Crippen LogP contribution < -0.4 is 10.6 Å². The third-order valence-electron chi connectivity index (χ3n) is 2.56. The predicted molar refractivity (Wildman–Crippen MR) is 74.5 cm³/mol. The van der Waals surface area contributed by atoms with Gasteiger partial charge in [0.2, 0.25) is 0 Å². The number of aromatic nitrogens is 1. The first-order chi connectivity index (χ1) is 8.26. The first kappa shape index (κ1) is 14.0. The van der Waals surface area contributed by atoms with Gasteiger partial charge >= 0.3 is 0 Å². The van der Waals surface area contributed by atoms with Crippen molar-refractivity contribution in [1.82, 2.24) is 10.3 Å². The van der Waals surface area contributed by atoms with Crippen LogP contribution in [-0.4, -0.2) is 24.1 Å². The molecule has 1 atom stereocenters. The fourth-order valence-corrected chi connectivity index (χ4v) is 1.80. The molecule has 0 amide bonds. The third-order valence-corrected chi connectivity index (χ3v) is 2.56. The third kappa shape index (κ3) is 5.68. The minimum Gasteiger partial charge on any atom is -0.366 e. The molecule has 0 aliphatic carbocycles. The van der Waals surface area contributed by atoms with Gasteiger partial charge in [0.1, 0.15) is 5.82 Å². The largest absolute Gasteiger partial charge is 0.366 e. The maximum Gasteiger partial charge on any atom is 0.126 e. The molecule has 2 rings (SSSR count). The van der Waals surface area contributed by atoms with Gasteiger partial charge in [-0.25, -0.2) is 4.98 Å². The zero-order valence-electron chi connectivity index (χ0n) is 11.3. The van der Waals surface area contributed by atoms with Crippen molar-refractivity contribution in [2.45, 2.75) is 46.1 Å². The highest BCUT2D eigenvalue weighted by atomic mass is 15.1. The second-order valence-electron chi connectivity index (χ2n) is 4.61. The molecule has 1 unspecified atom stereocenters. The van der Waals surface area contributed by atoms with Crippen molar-refractivity contribution in [3.63, 3.8) is 0 Å². The zero-order valence-corrected chi connectivity index (χ0v) is 11.3. The number of aryl methyl sites for hydroxylation is 1. The van der Waals surface area contributed by atoms with Gasteiger partial charge in [-0.15, -0.1) is 0 Å². The van der Waals surface area contributed by atoms with E-state index in [9.17, 15) is 0 Å². The maximum absolute atomic E-state index is 4.29. The SMILES string of the molecule is CCC.Cc1ccnc(NC2CCCNC2)c1. The van der Waals surface area contributed by atoms with Crippen LogP contribution in [-0.2, 0) is 0 Å². The van der Waals surface area contributed by atoms with Crippen LogP contribution in [0.15, 0.2) is 18.3 Å². The highest BCUT2D eigenvalue weighted by Gasteiger charge is 2.12. The standard InChI is InChI=1S/C11H17N3.C3H8/c1-9-4-6-13-11(7-9)14-10-3-2-5-12-8-10;1-3-2/h4,6-7,10,12H,2-3,5,8H2,1H3,(H,13,14);3H2,1-2H3. The van der Waals surface area contributed by atoms with Crippen LogP contribution in [0, 0.1) is 6.92 Å². The molecule has 0 bridgehead atoms. The van der Waals surface area contributed by atoms with Crippen molar-refractivity contribution in [3.05, 3.63) is 23.9 Å². The van der Waals surface area contributed by atoms with E-state index in [0.717, 1.165) is 18.9 Å². The summed E-state index contributed by atoms with van der Waals surface area (Å²) in [6.45, 7) is 8.54. The molecular weight excluding hydrogens is 210 g/mol. The first-order valence-electron chi connectivity index (χ1n) is 6.66. The van der Waals surface area contributed by atoms with Crippen LogP contribution in [0.5, 0.6) is 0 Å². The molecule has 1 fully saturated rings. The Morgan fingerprint density at radius 1 is 1.47 bits per heavy atom. The Hall–Kier alpha value is -1.09. The van der Waals surface area contributed by atoms with Crippen molar-refractivity contribution in [2.75, 3.05) is 18.4 Å². The molecule has 96 valence electrons. The van der Waals surface area contributed by atoms with E-state index in [2.05, 4.69) is 42.5 Å². The molecule has 0 aromatic carbocycles. The lowest BCUT2D eigenvalue weighted by atomic mass is 10.1. The number of pyridine rings is 1. The molecule has 0 radical (unpaired) electrons. The Kier molecular flexibility index (Phi) is 6.63. The Morgan fingerprint density at radius 3 is 2.82 bits per heavy atom. The van der Waals surface area contributed by atoms with Gasteiger partial charge in [-0.1, -0.05) is 20.3 Å². The molecular formula is C14H25N3. The highest BCUT2D eigenvalue weighted by Crippen LogP contribution is 2.10. The number of rotatable bonds is 2. The molecule has 1 aromatic heterocycles. The lowest BCUT2D eigenvalue weighted by Crippen LogP contribution is -2.38. The van der Waals surface area contributed by atoms with E-state index >= 15 is 0 Å². The number of nitrogens with one attached hydrogen (secondary N) is 2. The van der Waals surface area contributed by atoms with Crippen molar-refractivity contribution in [3.8, 4) is 0 Å². The van der Waals surface area contributed by atoms with E-state index in [-0.39, 0.29) is 0 Å². The minimum absolute atomic E-state index is 0.540. The Balaban J connectivity index is 0.000000437. The van der Waals surface area contributed by atoms with Gasteiger partial charge in [-0.3, -0.25) is 0 Å². The predicted octanol–water partition coefficient (Wildman–Crippen LogP) is 2.97. The highest BCUT2D eigenvalue weighted by molar-refractivity contribution is 5.38. The van der Waals surface area contributed by atoms with Gasteiger partial charge < -0.3 is 10.6 Å².